The molecule has 6 heteroatoms. The van der Waals surface area contributed by atoms with E-state index in [1.165, 1.54) is 22.1 Å². The Morgan fingerprint density at radius 3 is 2.21 bits per heavy atom. The maximum absolute atomic E-state index is 12.1. The van der Waals surface area contributed by atoms with E-state index in [0.29, 0.717) is 5.52 Å². The van der Waals surface area contributed by atoms with E-state index in [1.807, 2.05) is 18.2 Å². The summed E-state index contributed by atoms with van der Waals surface area (Å²) in [4.78, 5) is 30.3. The van der Waals surface area contributed by atoms with Gasteiger partial charge in [0, 0.05) is 0 Å². The first-order valence-corrected chi connectivity index (χ1v) is 9.00. The summed E-state index contributed by atoms with van der Waals surface area (Å²) in [6.45, 7) is 0. The Morgan fingerprint density at radius 1 is 0.667 bits per heavy atom. The first-order chi connectivity index (χ1) is 11.7. The Hall–Kier alpha value is -2.70. The van der Waals surface area contributed by atoms with Crippen molar-refractivity contribution in [2.45, 2.75) is 0 Å². The fraction of sp³-hybridized carbons (Fsp3) is 0. The molecular weight excluding hydrogens is 340 g/mol. The summed E-state index contributed by atoms with van der Waals surface area (Å²) in [5.41, 5.74) is 2.45. The number of rotatable bonds is 0. The van der Waals surface area contributed by atoms with E-state index in [-0.39, 0.29) is 0 Å². The molecule has 0 radical (unpaired) electrons. The summed E-state index contributed by atoms with van der Waals surface area (Å²) in [5.74, 6) is 0. The van der Waals surface area contributed by atoms with Crippen LogP contribution in [-0.2, 0) is 0 Å². The van der Waals surface area contributed by atoms with Gasteiger partial charge in [0.15, 0.2) is 0 Å². The highest BCUT2D eigenvalue weighted by atomic mass is 32.1. The molecule has 0 aliphatic heterocycles. The lowest BCUT2D eigenvalue weighted by molar-refractivity contribution is 1.44. The average Bonchev–Trinajstić information content (AvgIpc) is 2.60. The Balaban J connectivity index is 1.95. The first kappa shape index (κ1) is 13.7. The lowest BCUT2D eigenvalue weighted by Gasteiger charge is -2.06. The van der Waals surface area contributed by atoms with Gasteiger partial charge in [0.25, 0.3) is 0 Å². The molecule has 0 saturated carbocycles. The van der Waals surface area contributed by atoms with Crippen molar-refractivity contribution in [2.75, 3.05) is 0 Å². The van der Waals surface area contributed by atoms with Crippen LogP contribution in [0.4, 0.5) is 0 Å². The molecule has 0 saturated heterocycles. The number of para-hydroxylation sites is 1. The van der Waals surface area contributed by atoms with Crippen LogP contribution in [0.3, 0.4) is 0 Å². The lowest BCUT2D eigenvalue weighted by Crippen LogP contribution is -2.22. The zero-order chi connectivity index (χ0) is 16.3. The van der Waals surface area contributed by atoms with Crippen LogP contribution in [0.1, 0.15) is 0 Å². The van der Waals surface area contributed by atoms with Gasteiger partial charge in [-0.05, 0) is 36.4 Å². The second-order valence-electron chi connectivity index (χ2n) is 5.56. The Kier molecular flexibility index (Phi) is 2.80. The van der Waals surface area contributed by atoms with E-state index < -0.39 is 10.9 Å². The monoisotopic (exact) mass is 350 g/mol. The molecular formula is C18H10N2O2S2. The summed E-state index contributed by atoms with van der Waals surface area (Å²) < 4.78 is 4.08. The van der Waals surface area contributed by atoms with E-state index in [4.69, 9.17) is 0 Å². The molecule has 0 unspecified atom stereocenters. The highest BCUT2D eigenvalue weighted by Crippen LogP contribution is 2.31. The third-order valence-electron chi connectivity index (χ3n) is 4.02. The van der Waals surface area contributed by atoms with Crippen LogP contribution >= 0.6 is 22.7 Å². The molecule has 0 spiro atoms. The van der Waals surface area contributed by atoms with Crippen LogP contribution in [0, 0.1) is 0 Å². The summed E-state index contributed by atoms with van der Waals surface area (Å²) in [6, 6.07) is 15.3. The van der Waals surface area contributed by atoms with E-state index in [1.54, 1.807) is 17.4 Å². The van der Waals surface area contributed by atoms with Crippen molar-refractivity contribution >= 4 is 63.5 Å². The van der Waals surface area contributed by atoms with Gasteiger partial charge < -0.3 is 9.97 Å². The summed E-state index contributed by atoms with van der Waals surface area (Å²) in [5, 5.41) is 0. The van der Waals surface area contributed by atoms with Crippen LogP contribution in [0.15, 0.2) is 58.1 Å². The molecule has 0 fully saturated rings. The van der Waals surface area contributed by atoms with Crippen LogP contribution in [-0.4, -0.2) is 9.97 Å². The zero-order valence-electron chi connectivity index (χ0n) is 12.3. The Morgan fingerprint density at radius 2 is 1.38 bits per heavy atom. The molecule has 0 amide bonds. The number of benzene rings is 3. The van der Waals surface area contributed by atoms with Crippen LogP contribution in [0.25, 0.3) is 40.9 Å². The van der Waals surface area contributed by atoms with Gasteiger partial charge in [0.2, 0.25) is 10.9 Å². The molecule has 2 heterocycles. The average molecular weight is 350 g/mol. The molecule has 3 aromatic carbocycles. The smallest absolute Gasteiger partial charge is 0.250 e. The lowest BCUT2D eigenvalue weighted by atomic mass is 10.3. The quantitative estimate of drug-likeness (QED) is 0.322. The van der Waals surface area contributed by atoms with Crippen molar-refractivity contribution in [3.63, 3.8) is 0 Å². The third kappa shape index (κ3) is 1.97. The highest BCUT2D eigenvalue weighted by molar-refractivity contribution is 7.25. The minimum absolute atomic E-state index is 0.383. The van der Waals surface area contributed by atoms with Crippen molar-refractivity contribution in [3.8, 4) is 0 Å². The molecule has 0 aliphatic rings. The van der Waals surface area contributed by atoms with Gasteiger partial charge in [0.1, 0.15) is 5.52 Å². The van der Waals surface area contributed by atoms with Crippen molar-refractivity contribution in [3.05, 3.63) is 69.0 Å². The maximum atomic E-state index is 12.1. The largest absolute Gasteiger partial charge is 0.353 e. The van der Waals surface area contributed by atoms with E-state index in [9.17, 15) is 9.59 Å². The predicted molar refractivity (Wildman–Crippen MR) is 102 cm³/mol. The maximum Gasteiger partial charge on any atom is 0.250 e. The molecule has 116 valence electrons. The van der Waals surface area contributed by atoms with Crippen molar-refractivity contribution < 1.29 is 0 Å². The number of hydrogen-bond donors (Lipinski definition) is 2. The van der Waals surface area contributed by atoms with E-state index >= 15 is 0 Å². The van der Waals surface area contributed by atoms with Crippen molar-refractivity contribution in [1.82, 2.24) is 9.97 Å². The minimum Gasteiger partial charge on any atom is -0.353 e. The number of hydrogen-bond acceptors (Lipinski definition) is 4. The normalized spacial score (nSPS) is 11.7. The van der Waals surface area contributed by atoms with Gasteiger partial charge >= 0.3 is 0 Å². The number of H-pyrrole nitrogens is 2. The fourth-order valence-electron chi connectivity index (χ4n) is 2.85. The molecule has 5 aromatic rings. The topological polar surface area (TPSA) is 65.7 Å². The minimum atomic E-state index is -0.478. The molecule has 2 aromatic heterocycles. The first-order valence-electron chi connectivity index (χ1n) is 7.37. The van der Waals surface area contributed by atoms with Gasteiger partial charge in [-0.3, -0.25) is 9.59 Å². The molecule has 5 rings (SSSR count). The molecule has 2 N–H and O–H groups in total. The number of aromatic nitrogens is 2. The summed E-state index contributed by atoms with van der Waals surface area (Å²) >= 11 is 3.20. The Labute approximate surface area is 142 Å². The molecule has 4 nitrogen and oxygen atoms in total. The van der Waals surface area contributed by atoms with Crippen LogP contribution in [0.2, 0.25) is 0 Å². The predicted octanol–water partition coefficient (Wildman–Crippen LogP) is 4.36. The number of aromatic amines is 2. The molecule has 24 heavy (non-hydrogen) atoms. The van der Waals surface area contributed by atoms with Crippen LogP contribution in [0.5, 0.6) is 0 Å². The fourth-order valence-corrected chi connectivity index (χ4v) is 4.87. The molecule has 0 aliphatic carbocycles. The second-order valence-corrected chi connectivity index (χ2v) is 7.73. The Bertz CT molecular complexity index is 1400. The van der Waals surface area contributed by atoms with Crippen molar-refractivity contribution in [1.29, 1.82) is 0 Å². The standard InChI is InChI=1S/C18H10N2O2S2/c21-12-5-6-14-17(18(12)22)20-11-8-15-10(7-16(11)24-14)19-9-3-1-2-4-13(9)23-15/h1-8,19-20H. The molecule has 0 atom stereocenters. The van der Waals surface area contributed by atoms with Crippen LogP contribution < -0.4 is 10.9 Å². The number of fused-ring (bicyclic) bond motifs is 4. The van der Waals surface area contributed by atoms with E-state index in [0.717, 1.165) is 30.6 Å². The van der Waals surface area contributed by atoms with Gasteiger partial charge in [-0.25, -0.2) is 0 Å². The number of nitrogens with one attached hydrogen (secondary N) is 2. The van der Waals surface area contributed by atoms with Gasteiger partial charge in [-0.15, -0.1) is 22.7 Å². The zero-order valence-corrected chi connectivity index (χ0v) is 13.9. The van der Waals surface area contributed by atoms with Gasteiger partial charge in [0.05, 0.1) is 35.3 Å². The summed E-state index contributed by atoms with van der Waals surface area (Å²) in [6.07, 6.45) is 0. The third-order valence-corrected chi connectivity index (χ3v) is 6.27. The van der Waals surface area contributed by atoms with Gasteiger partial charge in [-0.2, -0.15) is 0 Å². The van der Waals surface area contributed by atoms with Gasteiger partial charge in [-0.1, -0.05) is 12.1 Å². The highest BCUT2D eigenvalue weighted by Gasteiger charge is 2.07. The second kappa shape index (κ2) is 4.90. The van der Waals surface area contributed by atoms with Crippen molar-refractivity contribution in [2.24, 2.45) is 0 Å². The van der Waals surface area contributed by atoms with E-state index in [2.05, 4.69) is 28.2 Å². The summed E-state index contributed by atoms with van der Waals surface area (Å²) in [7, 11) is 0. The SMILES string of the molecule is O=c1ccc2sc3cc4[nH]c5ccccc5sc4cc3[nH]c2c1=O. The molecule has 0 bridgehead atoms.